The summed E-state index contributed by atoms with van der Waals surface area (Å²) in [4.78, 5) is 11.6. The number of carbonyl (C=O) groups excluding carboxylic acids is 1. The number of nitrogen functional groups attached to an aromatic ring is 1. The molecule has 1 aliphatic rings. The van der Waals surface area contributed by atoms with E-state index in [-0.39, 0.29) is 6.03 Å². The molecule has 86 valence electrons. The number of halogens is 1. The van der Waals surface area contributed by atoms with Gasteiger partial charge in [-0.15, -0.1) is 0 Å². The van der Waals surface area contributed by atoms with Gasteiger partial charge in [0.2, 0.25) is 0 Å². The molecular formula is C11H14BrN3O. The number of hydrogen-bond acceptors (Lipinski definition) is 2. The van der Waals surface area contributed by atoms with E-state index >= 15 is 0 Å². The van der Waals surface area contributed by atoms with Crippen LogP contribution in [0.25, 0.3) is 0 Å². The van der Waals surface area contributed by atoms with E-state index in [0.29, 0.717) is 17.4 Å². The standard InChI is InChI=1S/C11H14BrN3O/c12-7-4-5-10(9(13)6-7)15-11(16)14-8-2-1-3-8/h4-6,8H,1-3,13H2,(H2,14,15,16). The van der Waals surface area contributed by atoms with E-state index in [2.05, 4.69) is 26.6 Å². The van der Waals surface area contributed by atoms with Crippen molar-refractivity contribution in [3.05, 3.63) is 22.7 Å². The van der Waals surface area contributed by atoms with Crippen LogP contribution in [0.5, 0.6) is 0 Å². The molecule has 0 aromatic heterocycles. The number of hydrogen-bond donors (Lipinski definition) is 3. The van der Waals surface area contributed by atoms with Crippen molar-refractivity contribution in [2.24, 2.45) is 0 Å². The first-order valence-corrected chi connectivity index (χ1v) is 6.07. The maximum Gasteiger partial charge on any atom is 0.319 e. The van der Waals surface area contributed by atoms with Crippen LogP contribution in [0.3, 0.4) is 0 Å². The molecule has 1 fully saturated rings. The van der Waals surface area contributed by atoms with Crippen LogP contribution in [-0.4, -0.2) is 12.1 Å². The Morgan fingerprint density at radius 3 is 2.75 bits per heavy atom. The zero-order chi connectivity index (χ0) is 11.5. The van der Waals surface area contributed by atoms with Crippen LogP contribution >= 0.6 is 15.9 Å². The molecule has 0 radical (unpaired) electrons. The first kappa shape index (κ1) is 11.3. The molecule has 0 atom stereocenters. The monoisotopic (exact) mass is 283 g/mol. The van der Waals surface area contributed by atoms with E-state index in [9.17, 15) is 4.79 Å². The quantitative estimate of drug-likeness (QED) is 0.731. The fraction of sp³-hybridized carbons (Fsp3) is 0.364. The molecule has 1 aromatic rings. The van der Waals surface area contributed by atoms with E-state index in [0.717, 1.165) is 17.3 Å². The number of carbonyl (C=O) groups is 1. The lowest BCUT2D eigenvalue weighted by atomic mass is 9.93. The Kier molecular flexibility index (Phi) is 3.33. The van der Waals surface area contributed by atoms with Gasteiger partial charge < -0.3 is 16.4 Å². The Morgan fingerprint density at radius 1 is 1.44 bits per heavy atom. The number of nitrogens with two attached hydrogens (primary N) is 1. The van der Waals surface area contributed by atoms with Crippen LogP contribution < -0.4 is 16.4 Å². The summed E-state index contributed by atoms with van der Waals surface area (Å²) in [6, 6.07) is 5.53. The van der Waals surface area contributed by atoms with Crippen LogP contribution in [0.2, 0.25) is 0 Å². The van der Waals surface area contributed by atoms with E-state index < -0.39 is 0 Å². The Balaban J connectivity index is 1.94. The first-order chi connectivity index (χ1) is 7.65. The van der Waals surface area contributed by atoms with E-state index in [1.807, 2.05) is 6.07 Å². The second-order valence-electron chi connectivity index (χ2n) is 3.96. The molecule has 1 aromatic carbocycles. The third kappa shape index (κ3) is 2.66. The fourth-order valence-electron chi connectivity index (χ4n) is 1.54. The summed E-state index contributed by atoms with van der Waals surface area (Å²) in [6.45, 7) is 0. The van der Waals surface area contributed by atoms with Gasteiger partial charge in [0.05, 0.1) is 11.4 Å². The highest BCUT2D eigenvalue weighted by Gasteiger charge is 2.19. The predicted molar refractivity (Wildman–Crippen MR) is 68.3 cm³/mol. The molecule has 2 rings (SSSR count). The summed E-state index contributed by atoms with van der Waals surface area (Å²) >= 11 is 3.31. The molecule has 1 aliphatic carbocycles. The summed E-state index contributed by atoms with van der Waals surface area (Å²) in [6.07, 6.45) is 3.35. The minimum atomic E-state index is -0.182. The Labute approximate surface area is 103 Å². The molecular weight excluding hydrogens is 270 g/mol. The van der Waals surface area contributed by atoms with Crippen molar-refractivity contribution in [2.45, 2.75) is 25.3 Å². The van der Waals surface area contributed by atoms with Crippen LogP contribution in [0.1, 0.15) is 19.3 Å². The zero-order valence-electron chi connectivity index (χ0n) is 8.79. The molecule has 4 nitrogen and oxygen atoms in total. The summed E-state index contributed by atoms with van der Waals surface area (Å²) in [5.41, 5.74) is 6.97. The fourth-order valence-corrected chi connectivity index (χ4v) is 1.92. The molecule has 4 N–H and O–H groups in total. The summed E-state index contributed by atoms with van der Waals surface area (Å²) < 4.78 is 0.898. The minimum absolute atomic E-state index is 0.182. The molecule has 0 unspecified atom stereocenters. The van der Waals surface area contributed by atoms with E-state index in [1.165, 1.54) is 6.42 Å². The van der Waals surface area contributed by atoms with Crippen molar-refractivity contribution < 1.29 is 4.79 Å². The average Bonchev–Trinajstić information content (AvgIpc) is 2.16. The number of urea groups is 1. The molecule has 16 heavy (non-hydrogen) atoms. The number of anilines is 2. The average molecular weight is 284 g/mol. The number of benzene rings is 1. The highest BCUT2D eigenvalue weighted by molar-refractivity contribution is 9.10. The van der Waals surface area contributed by atoms with Crippen molar-refractivity contribution in [3.8, 4) is 0 Å². The van der Waals surface area contributed by atoms with Crippen molar-refractivity contribution in [3.63, 3.8) is 0 Å². The van der Waals surface area contributed by atoms with Crippen molar-refractivity contribution in [1.82, 2.24) is 5.32 Å². The molecule has 0 saturated heterocycles. The molecule has 0 heterocycles. The van der Waals surface area contributed by atoms with Gasteiger partial charge in [-0.2, -0.15) is 0 Å². The van der Waals surface area contributed by atoms with Gasteiger partial charge in [0.1, 0.15) is 0 Å². The summed E-state index contributed by atoms with van der Waals surface area (Å²) in [5, 5.41) is 5.63. The van der Waals surface area contributed by atoms with Crippen LogP contribution in [0.15, 0.2) is 22.7 Å². The Bertz CT molecular complexity index is 404. The van der Waals surface area contributed by atoms with Gasteiger partial charge in [-0.1, -0.05) is 15.9 Å². The van der Waals surface area contributed by atoms with Crippen molar-refractivity contribution in [2.75, 3.05) is 11.1 Å². The lowest BCUT2D eigenvalue weighted by Crippen LogP contribution is -2.41. The summed E-state index contributed by atoms with van der Waals surface area (Å²) in [5.74, 6) is 0. The second-order valence-corrected chi connectivity index (χ2v) is 4.87. The topological polar surface area (TPSA) is 67.1 Å². The van der Waals surface area contributed by atoms with Crippen LogP contribution in [-0.2, 0) is 0 Å². The zero-order valence-corrected chi connectivity index (χ0v) is 10.4. The molecule has 0 spiro atoms. The third-order valence-corrected chi connectivity index (χ3v) is 3.20. The largest absolute Gasteiger partial charge is 0.397 e. The third-order valence-electron chi connectivity index (χ3n) is 2.70. The Morgan fingerprint density at radius 2 is 2.19 bits per heavy atom. The lowest BCUT2D eigenvalue weighted by Gasteiger charge is -2.26. The highest BCUT2D eigenvalue weighted by atomic mass is 79.9. The molecule has 2 amide bonds. The Hall–Kier alpha value is -1.23. The molecule has 0 bridgehead atoms. The van der Waals surface area contributed by atoms with Gasteiger partial charge in [-0.3, -0.25) is 0 Å². The maximum atomic E-state index is 11.6. The van der Waals surface area contributed by atoms with Gasteiger partial charge in [-0.25, -0.2) is 4.79 Å². The number of rotatable bonds is 2. The molecule has 0 aliphatic heterocycles. The highest BCUT2D eigenvalue weighted by Crippen LogP contribution is 2.23. The van der Waals surface area contributed by atoms with Crippen LogP contribution in [0.4, 0.5) is 16.2 Å². The second kappa shape index (κ2) is 4.74. The minimum Gasteiger partial charge on any atom is -0.397 e. The number of nitrogens with one attached hydrogen (secondary N) is 2. The van der Waals surface area contributed by atoms with Crippen molar-refractivity contribution >= 4 is 33.3 Å². The van der Waals surface area contributed by atoms with E-state index in [4.69, 9.17) is 5.73 Å². The van der Waals surface area contributed by atoms with Gasteiger partial charge in [-0.05, 0) is 37.5 Å². The van der Waals surface area contributed by atoms with Gasteiger partial charge in [0, 0.05) is 10.5 Å². The van der Waals surface area contributed by atoms with Crippen LogP contribution in [0, 0.1) is 0 Å². The van der Waals surface area contributed by atoms with Crippen molar-refractivity contribution in [1.29, 1.82) is 0 Å². The molecule has 1 saturated carbocycles. The number of amides is 2. The lowest BCUT2D eigenvalue weighted by molar-refractivity contribution is 0.240. The molecule has 5 heteroatoms. The maximum absolute atomic E-state index is 11.6. The van der Waals surface area contributed by atoms with Gasteiger partial charge >= 0.3 is 6.03 Å². The van der Waals surface area contributed by atoms with E-state index in [1.54, 1.807) is 12.1 Å². The van der Waals surface area contributed by atoms with Gasteiger partial charge in [0.25, 0.3) is 0 Å². The smallest absolute Gasteiger partial charge is 0.319 e. The summed E-state index contributed by atoms with van der Waals surface area (Å²) in [7, 11) is 0. The normalized spacial score (nSPS) is 15.3. The SMILES string of the molecule is Nc1cc(Br)ccc1NC(=O)NC1CCC1. The first-order valence-electron chi connectivity index (χ1n) is 5.27. The van der Waals surface area contributed by atoms with Gasteiger partial charge in [0.15, 0.2) is 0 Å². The predicted octanol–water partition coefficient (Wildman–Crippen LogP) is 2.71.